The Morgan fingerprint density at radius 3 is 3.09 bits per heavy atom. The van der Waals surface area contributed by atoms with Crippen molar-refractivity contribution in [2.45, 2.75) is 6.92 Å². The minimum absolute atomic E-state index is 0.862. The maximum absolute atomic E-state index is 4.12. The van der Waals surface area contributed by atoms with E-state index in [1.54, 1.807) is 24.8 Å². The van der Waals surface area contributed by atoms with Gasteiger partial charge in [-0.25, -0.2) is 4.98 Å². The van der Waals surface area contributed by atoms with Crippen molar-refractivity contribution in [3.8, 4) is 0 Å². The van der Waals surface area contributed by atoms with Gasteiger partial charge in [-0.15, -0.1) is 0 Å². The average molecular weight is 261 g/mol. The number of aromatic amines is 1. The first kappa shape index (κ1) is 8.45. The first-order valence-electron chi connectivity index (χ1n) is 3.14. The van der Waals surface area contributed by atoms with Gasteiger partial charge in [0.1, 0.15) is 5.82 Å². The van der Waals surface area contributed by atoms with Crippen LogP contribution in [0.3, 0.4) is 0 Å². The number of rotatable bonds is 0. The van der Waals surface area contributed by atoms with Crippen LogP contribution in [0.15, 0.2) is 24.8 Å². The SMILES string of the molecule is Cc1ncc(I)cncc[nH]1. The van der Waals surface area contributed by atoms with Crippen molar-refractivity contribution in [2.75, 3.05) is 0 Å². The summed E-state index contributed by atoms with van der Waals surface area (Å²) in [6.45, 7) is 1.90. The third-order valence-corrected chi connectivity index (χ3v) is 1.59. The third-order valence-electron chi connectivity index (χ3n) is 1.03. The van der Waals surface area contributed by atoms with E-state index in [-0.39, 0.29) is 0 Å². The number of hydrogen-bond acceptors (Lipinski definition) is 2. The van der Waals surface area contributed by atoms with Crippen molar-refractivity contribution in [3.05, 3.63) is 34.2 Å². The largest absolute Gasteiger partial charge is 0.349 e. The standard InChI is InChI=1S/C7H8IN3/c1-6-10-3-2-9-4-7(8)5-11-6/h2-5H,1H3,(H,10,11). The van der Waals surface area contributed by atoms with E-state index < -0.39 is 0 Å². The summed E-state index contributed by atoms with van der Waals surface area (Å²) in [5.41, 5.74) is 0. The van der Waals surface area contributed by atoms with Gasteiger partial charge in [-0.2, -0.15) is 0 Å². The summed E-state index contributed by atoms with van der Waals surface area (Å²) >= 11 is 2.17. The van der Waals surface area contributed by atoms with Crippen LogP contribution in [-0.4, -0.2) is 15.0 Å². The van der Waals surface area contributed by atoms with Gasteiger partial charge in [-0.1, -0.05) is 0 Å². The van der Waals surface area contributed by atoms with Gasteiger partial charge in [0.25, 0.3) is 0 Å². The molecule has 1 heterocycles. The Bertz CT molecular complexity index is 254. The lowest BCUT2D eigenvalue weighted by molar-refractivity contribution is 1.08. The summed E-state index contributed by atoms with van der Waals surface area (Å²) < 4.78 is 1.01. The van der Waals surface area contributed by atoms with Gasteiger partial charge in [0.15, 0.2) is 0 Å². The number of nitrogens with zero attached hydrogens (tertiary/aromatic N) is 2. The summed E-state index contributed by atoms with van der Waals surface area (Å²) in [7, 11) is 0. The summed E-state index contributed by atoms with van der Waals surface area (Å²) in [6.07, 6.45) is 6.95. The fourth-order valence-electron chi connectivity index (χ4n) is 0.544. The summed E-state index contributed by atoms with van der Waals surface area (Å²) in [5, 5.41) is 0. The molecule has 0 amide bonds. The molecule has 11 heavy (non-hydrogen) atoms. The van der Waals surface area contributed by atoms with Crippen molar-refractivity contribution in [1.82, 2.24) is 15.0 Å². The molecule has 1 rings (SSSR count). The maximum atomic E-state index is 4.12. The van der Waals surface area contributed by atoms with Gasteiger partial charge < -0.3 is 4.98 Å². The molecule has 0 aliphatic heterocycles. The van der Waals surface area contributed by atoms with Crippen LogP contribution in [0, 0.1) is 10.5 Å². The van der Waals surface area contributed by atoms with Gasteiger partial charge in [0, 0.05) is 28.4 Å². The summed E-state index contributed by atoms with van der Waals surface area (Å²) in [4.78, 5) is 11.1. The molecule has 0 aromatic carbocycles. The van der Waals surface area contributed by atoms with Crippen LogP contribution in [-0.2, 0) is 0 Å². The Hall–Kier alpha value is -0.650. The first-order valence-corrected chi connectivity index (χ1v) is 4.22. The van der Waals surface area contributed by atoms with Crippen LogP contribution in [0.2, 0.25) is 0 Å². The molecular formula is C7H8IN3. The van der Waals surface area contributed by atoms with Crippen molar-refractivity contribution in [3.63, 3.8) is 0 Å². The maximum Gasteiger partial charge on any atom is 0.102 e. The number of aryl methyl sites for hydroxylation is 1. The van der Waals surface area contributed by atoms with E-state index in [1.807, 2.05) is 6.92 Å². The molecule has 58 valence electrons. The minimum Gasteiger partial charge on any atom is -0.349 e. The second-order valence-corrected chi connectivity index (χ2v) is 3.21. The molecule has 0 saturated heterocycles. The quantitative estimate of drug-likeness (QED) is 0.724. The van der Waals surface area contributed by atoms with Crippen LogP contribution in [0.25, 0.3) is 0 Å². The Kier molecular flexibility index (Phi) is 3.28. The summed E-state index contributed by atoms with van der Waals surface area (Å²) in [6, 6.07) is 0. The topological polar surface area (TPSA) is 41.6 Å². The second kappa shape index (κ2) is 4.27. The van der Waals surface area contributed by atoms with Crippen LogP contribution in [0.4, 0.5) is 0 Å². The van der Waals surface area contributed by atoms with Crippen molar-refractivity contribution >= 4 is 22.6 Å². The molecule has 0 fully saturated rings. The van der Waals surface area contributed by atoms with Gasteiger partial charge in [0.2, 0.25) is 0 Å². The molecule has 0 unspecified atom stereocenters. The van der Waals surface area contributed by atoms with Gasteiger partial charge in [-0.3, -0.25) is 4.98 Å². The average Bonchev–Trinajstić information content (AvgIpc) is 2.06. The van der Waals surface area contributed by atoms with Crippen LogP contribution >= 0.6 is 22.6 Å². The van der Waals surface area contributed by atoms with Crippen molar-refractivity contribution in [1.29, 1.82) is 0 Å². The molecule has 0 saturated carbocycles. The lowest BCUT2D eigenvalue weighted by atomic mass is 10.7. The molecule has 1 aromatic rings. The first-order chi connectivity index (χ1) is 5.29. The molecule has 0 atom stereocenters. The Balaban J connectivity index is 3.23. The highest BCUT2D eigenvalue weighted by Gasteiger charge is 1.78. The van der Waals surface area contributed by atoms with E-state index in [1.165, 1.54) is 0 Å². The summed E-state index contributed by atoms with van der Waals surface area (Å²) in [5.74, 6) is 0.862. The van der Waals surface area contributed by atoms with E-state index >= 15 is 0 Å². The van der Waals surface area contributed by atoms with E-state index in [9.17, 15) is 0 Å². The zero-order valence-corrected chi connectivity index (χ0v) is 8.24. The molecule has 0 spiro atoms. The van der Waals surface area contributed by atoms with Crippen LogP contribution in [0.5, 0.6) is 0 Å². The fourth-order valence-corrected chi connectivity index (χ4v) is 0.844. The molecule has 0 radical (unpaired) electrons. The molecule has 0 aliphatic carbocycles. The lowest BCUT2D eigenvalue weighted by Gasteiger charge is -1.80. The Morgan fingerprint density at radius 1 is 1.45 bits per heavy atom. The number of halogens is 1. The van der Waals surface area contributed by atoms with E-state index in [2.05, 4.69) is 37.5 Å². The van der Waals surface area contributed by atoms with Gasteiger partial charge >= 0.3 is 0 Å². The molecular weight excluding hydrogens is 253 g/mol. The van der Waals surface area contributed by atoms with Gasteiger partial charge in [0.05, 0.1) is 0 Å². The number of H-pyrrole nitrogens is 1. The van der Waals surface area contributed by atoms with Crippen molar-refractivity contribution < 1.29 is 0 Å². The zero-order valence-electron chi connectivity index (χ0n) is 6.08. The highest BCUT2D eigenvalue weighted by Crippen LogP contribution is 1.94. The molecule has 0 aliphatic rings. The normalized spacial score (nSPS) is 8.91. The molecule has 0 bridgehead atoms. The minimum atomic E-state index is 0.862. The lowest BCUT2D eigenvalue weighted by Crippen LogP contribution is -1.77. The van der Waals surface area contributed by atoms with Gasteiger partial charge in [-0.05, 0) is 29.5 Å². The van der Waals surface area contributed by atoms with Crippen molar-refractivity contribution in [2.24, 2.45) is 0 Å². The molecule has 4 heteroatoms. The number of nitrogens with one attached hydrogen (secondary N) is 1. The highest BCUT2D eigenvalue weighted by atomic mass is 127. The molecule has 1 N–H and O–H groups in total. The number of aromatic nitrogens is 3. The molecule has 3 nitrogen and oxygen atoms in total. The smallest absolute Gasteiger partial charge is 0.102 e. The highest BCUT2D eigenvalue weighted by molar-refractivity contribution is 14.1. The van der Waals surface area contributed by atoms with E-state index in [0.29, 0.717) is 0 Å². The second-order valence-electron chi connectivity index (χ2n) is 1.97. The monoisotopic (exact) mass is 261 g/mol. The van der Waals surface area contributed by atoms with E-state index in [4.69, 9.17) is 0 Å². The Labute approximate surface area is 78.7 Å². The zero-order chi connectivity index (χ0) is 8.10. The molecule has 1 aromatic heterocycles. The van der Waals surface area contributed by atoms with E-state index in [0.717, 1.165) is 9.39 Å². The van der Waals surface area contributed by atoms with Crippen LogP contribution in [0.1, 0.15) is 5.82 Å². The predicted molar refractivity (Wildman–Crippen MR) is 51.5 cm³/mol. The predicted octanol–water partition coefficient (Wildman–Crippen LogP) is 1.84. The third kappa shape index (κ3) is 3.31. The number of hydrogen-bond donors (Lipinski definition) is 1. The Morgan fingerprint density at radius 2 is 2.27 bits per heavy atom. The fraction of sp³-hybridized carbons (Fsp3) is 0.143. The van der Waals surface area contributed by atoms with Crippen LogP contribution < -0.4 is 0 Å².